The molecular weight excluding hydrogens is 548 g/mol. The number of benzene rings is 3. The Kier molecular flexibility index (Phi) is 8.62. The standard InChI is InChI=1S/C36H44N6O2/c1-25-13-14-26(2)34(19-25)40-15-17-41(18-16-40)36(44)38-32(21-29-22-37-31-11-7-6-10-30(29)31)35(43)42-24-27(23-39(3)4)20-28-9-5-8-12-33(28)42/h5-14,19,22,27,32,37H,15-18,20-21,23-24H2,1-4H3,(H,38,44)/t27-,32-/m1/s1. The van der Waals surface area contributed by atoms with Crippen molar-refractivity contribution in [2.75, 3.05) is 63.2 Å². The number of anilines is 2. The lowest BCUT2D eigenvalue weighted by Crippen LogP contribution is -2.58. The normalized spacial score (nSPS) is 17.6. The maximum atomic E-state index is 14.5. The fraction of sp³-hybridized carbons (Fsp3) is 0.389. The first-order valence-corrected chi connectivity index (χ1v) is 15.7. The molecule has 230 valence electrons. The van der Waals surface area contributed by atoms with Gasteiger partial charge in [0.1, 0.15) is 6.04 Å². The Bertz CT molecular complexity index is 1640. The van der Waals surface area contributed by atoms with Crippen molar-refractivity contribution in [3.8, 4) is 0 Å². The number of nitrogens with zero attached hydrogens (tertiary/aromatic N) is 4. The van der Waals surface area contributed by atoms with E-state index in [0.717, 1.165) is 48.2 Å². The molecule has 0 aliphatic carbocycles. The fourth-order valence-electron chi connectivity index (χ4n) is 6.89. The van der Waals surface area contributed by atoms with Gasteiger partial charge in [-0.1, -0.05) is 48.5 Å². The van der Waals surface area contributed by atoms with Gasteiger partial charge in [-0.05, 0) is 80.7 Å². The van der Waals surface area contributed by atoms with Gasteiger partial charge in [0.2, 0.25) is 5.91 Å². The third-order valence-electron chi connectivity index (χ3n) is 9.09. The number of aromatic amines is 1. The predicted molar refractivity (Wildman–Crippen MR) is 179 cm³/mol. The largest absolute Gasteiger partial charge is 0.368 e. The van der Waals surface area contributed by atoms with Crippen LogP contribution in [0.3, 0.4) is 0 Å². The summed E-state index contributed by atoms with van der Waals surface area (Å²) >= 11 is 0. The lowest BCUT2D eigenvalue weighted by atomic mass is 9.91. The molecule has 0 radical (unpaired) electrons. The number of hydrogen-bond donors (Lipinski definition) is 2. The summed E-state index contributed by atoms with van der Waals surface area (Å²) in [5, 5.41) is 4.28. The first kappa shape index (κ1) is 29.8. The van der Waals surface area contributed by atoms with Crippen molar-refractivity contribution >= 4 is 34.2 Å². The van der Waals surface area contributed by atoms with Crippen LogP contribution in [-0.2, 0) is 17.6 Å². The zero-order valence-corrected chi connectivity index (χ0v) is 26.3. The summed E-state index contributed by atoms with van der Waals surface area (Å²) in [5.41, 5.74) is 7.88. The van der Waals surface area contributed by atoms with Crippen LogP contribution in [0.2, 0.25) is 0 Å². The van der Waals surface area contributed by atoms with Gasteiger partial charge in [-0.2, -0.15) is 0 Å². The second-order valence-electron chi connectivity index (χ2n) is 12.7. The molecule has 3 amide bonds. The Morgan fingerprint density at radius 3 is 2.50 bits per heavy atom. The minimum atomic E-state index is -0.704. The van der Waals surface area contributed by atoms with Gasteiger partial charge in [0.25, 0.3) is 0 Å². The number of carbonyl (C=O) groups excluding carboxylic acids is 2. The Hall–Kier alpha value is -4.30. The van der Waals surface area contributed by atoms with E-state index in [1.807, 2.05) is 52.4 Å². The van der Waals surface area contributed by atoms with Crippen LogP contribution < -0.4 is 15.1 Å². The third kappa shape index (κ3) is 6.31. The quantitative estimate of drug-likeness (QED) is 0.317. The lowest BCUT2D eigenvalue weighted by Gasteiger charge is -2.39. The number of para-hydroxylation sites is 2. The van der Waals surface area contributed by atoms with E-state index in [9.17, 15) is 9.59 Å². The number of aryl methyl sites for hydroxylation is 2. The first-order chi connectivity index (χ1) is 21.3. The molecular formula is C36H44N6O2. The molecule has 1 fully saturated rings. The van der Waals surface area contributed by atoms with Crippen molar-refractivity contribution in [1.29, 1.82) is 0 Å². The van der Waals surface area contributed by atoms with Crippen LogP contribution in [0.4, 0.5) is 16.2 Å². The van der Waals surface area contributed by atoms with Crippen molar-refractivity contribution in [1.82, 2.24) is 20.1 Å². The molecule has 2 aliphatic heterocycles. The molecule has 0 spiro atoms. The predicted octanol–water partition coefficient (Wildman–Crippen LogP) is 4.99. The Labute approximate surface area is 260 Å². The Morgan fingerprint density at radius 2 is 1.70 bits per heavy atom. The molecule has 3 heterocycles. The van der Waals surface area contributed by atoms with Gasteiger partial charge >= 0.3 is 6.03 Å². The third-order valence-corrected chi connectivity index (χ3v) is 9.09. The number of piperazine rings is 1. The average Bonchev–Trinajstić information content (AvgIpc) is 3.43. The minimum absolute atomic E-state index is 0.0615. The Morgan fingerprint density at radius 1 is 0.955 bits per heavy atom. The molecule has 2 N–H and O–H groups in total. The van der Waals surface area contributed by atoms with Crippen LogP contribution in [0, 0.1) is 19.8 Å². The molecule has 2 aliphatic rings. The lowest BCUT2D eigenvalue weighted by molar-refractivity contribution is -0.120. The number of amides is 3. The van der Waals surface area contributed by atoms with E-state index in [-0.39, 0.29) is 11.9 Å². The zero-order valence-electron chi connectivity index (χ0n) is 26.3. The number of fused-ring (bicyclic) bond motifs is 2. The number of nitrogens with one attached hydrogen (secondary N) is 2. The summed E-state index contributed by atoms with van der Waals surface area (Å²) in [6, 6.07) is 22.0. The Balaban J connectivity index is 1.24. The fourth-order valence-corrected chi connectivity index (χ4v) is 6.89. The SMILES string of the molecule is Cc1ccc(C)c(N2CCN(C(=O)N[C@H](Cc3c[nH]c4ccccc34)C(=O)N3C[C@@H](CN(C)C)Cc4ccccc43)CC2)c1. The summed E-state index contributed by atoms with van der Waals surface area (Å²) in [5.74, 6) is 0.250. The van der Waals surface area contributed by atoms with Gasteiger partial charge in [-0.3, -0.25) is 4.79 Å². The number of aromatic nitrogens is 1. The highest BCUT2D eigenvalue weighted by Crippen LogP contribution is 2.31. The van der Waals surface area contributed by atoms with E-state index >= 15 is 0 Å². The first-order valence-electron chi connectivity index (χ1n) is 15.7. The van der Waals surface area contributed by atoms with Crippen LogP contribution in [0.1, 0.15) is 22.3 Å². The minimum Gasteiger partial charge on any atom is -0.368 e. The topological polar surface area (TPSA) is 74.9 Å². The van der Waals surface area contributed by atoms with E-state index in [4.69, 9.17) is 0 Å². The second-order valence-corrected chi connectivity index (χ2v) is 12.7. The molecule has 1 aromatic heterocycles. The van der Waals surface area contributed by atoms with E-state index < -0.39 is 6.04 Å². The van der Waals surface area contributed by atoms with Crippen LogP contribution >= 0.6 is 0 Å². The van der Waals surface area contributed by atoms with Gasteiger partial charge < -0.3 is 29.9 Å². The molecule has 1 saturated heterocycles. The molecule has 44 heavy (non-hydrogen) atoms. The monoisotopic (exact) mass is 592 g/mol. The number of carbonyl (C=O) groups is 2. The molecule has 2 atom stereocenters. The summed E-state index contributed by atoms with van der Waals surface area (Å²) in [7, 11) is 4.15. The van der Waals surface area contributed by atoms with E-state index in [1.54, 1.807) is 0 Å². The van der Waals surface area contributed by atoms with Crippen molar-refractivity contribution in [2.24, 2.45) is 5.92 Å². The van der Waals surface area contributed by atoms with E-state index in [0.29, 0.717) is 32.0 Å². The molecule has 0 unspecified atom stereocenters. The molecule has 0 bridgehead atoms. The molecule has 8 heteroatoms. The van der Waals surface area contributed by atoms with Gasteiger partial charge in [0.05, 0.1) is 0 Å². The number of hydrogen-bond acceptors (Lipinski definition) is 4. The van der Waals surface area contributed by atoms with Crippen LogP contribution in [0.5, 0.6) is 0 Å². The number of urea groups is 1. The van der Waals surface area contributed by atoms with Gasteiger partial charge in [-0.15, -0.1) is 0 Å². The van der Waals surface area contributed by atoms with Crippen molar-refractivity contribution in [3.05, 3.63) is 95.2 Å². The number of rotatable bonds is 7. The molecule has 0 saturated carbocycles. The smallest absolute Gasteiger partial charge is 0.318 e. The van der Waals surface area contributed by atoms with Crippen molar-refractivity contribution < 1.29 is 9.59 Å². The maximum Gasteiger partial charge on any atom is 0.318 e. The van der Waals surface area contributed by atoms with Crippen LogP contribution in [0.15, 0.2) is 72.9 Å². The molecule has 8 nitrogen and oxygen atoms in total. The highest BCUT2D eigenvalue weighted by Gasteiger charge is 2.35. The summed E-state index contributed by atoms with van der Waals surface area (Å²) in [4.78, 5) is 40.0. The molecule has 3 aromatic carbocycles. The summed E-state index contributed by atoms with van der Waals surface area (Å²) < 4.78 is 0. The highest BCUT2D eigenvalue weighted by molar-refractivity contribution is 6.00. The van der Waals surface area contributed by atoms with Crippen molar-refractivity contribution in [2.45, 2.75) is 32.7 Å². The average molecular weight is 593 g/mol. The van der Waals surface area contributed by atoms with Crippen LogP contribution in [0.25, 0.3) is 10.9 Å². The van der Waals surface area contributed by atoms with E-state index in [2.05, 4.69) is 78.4 Å². The second kappa shape index (κ2) is 12.7. The van der Waals surface area contributed by atoms with Crippen molar-refractivity contribution in [3.63, 3.8) is 0 Å². The highest BCUT2D eigenvalue weighted by atomic mass is 16.2. The number of H-pyrrole nitrogens is 1. The summed E-state index contributed by atoms with van der Waals surface area (Å²) in [6.07, 6.45) is 3.31. The van der Waals surface area contributed by atoms with Gasteiger partial charge in [0, 0.05) is 74.2 Å². The van der Waals surface area contributed by atoms with Crippen LogP contribution in [-0.4, -0.2) is 86.1 Å². The zero-order chi connectivity index (χ0) is 30.8. The van der Waals surface area contributed by atoms with Gasteiger partial charge in [-0.25, -0.2) is 4.79 Å². The summed E-state index contributed by atoms with van der Waals surface area (Å²) in [6.45, 7) is 8.48. The van der Waals surface area contributed by atoms with Gasteiger partial charge in [0.15, 0.2) is 0 Å². The van der Waals surface area contributed by atoms with E-state index in [1.165, 1.54) is 22.4 Å². The molecule has 4 aromatic rings. The maximum absolute atomic E-state index is 14.5. The molecule has 6 rings (SSSR count).